The summed E-state index contributed by atoms with van der Waals surface area (Å²) in [7, 11) is 0. The van der Waals surface area contributed by atoms with Gasteiger partial charge in [0.15, 0.2) is 11.5 Å². The van der Waals surface area contributed by atoms with Gasteiger partial charge in [-0.05, 0) is 73.0 Å². The zero-order valence-corrected chi connectivity index (χ0v) is 22.3. The van der Waals surface area contributed by atoms with E-state index < -0.39 is 5.97 Å². The Bertz CT molecular complexity index is 1600. The molecule has 40 heavy (non-hydrogen) atoms. The molecule has 6 rings (SSSR count). The molecule has 0 radical (unpaired) electrons. The number of nitrogens with zero attached hydrogens (tertiary/aromatic N) is 2. The van der Waals surface area contributed by atoms with Gasteiger partial charge >= 0.3 is 5.97 Å². The Balaban J connectivity index is 1.24. The standard InChI is InChI=1S/C34H32N2O4/c37-34(38)26-17-20-30-29(23-26)35-33(36(30)27-11-5-2-6-12-27)25-15-18-28(19-16-25)40-32-14-8-7-13-31(32)39-22-21-24-9-3-1-4-10-24/h1,3-4,7-10,13-20,23,27H,2,5-6,11-12,21-22H2,(H,37,38). The van der Waals surface area contributed by atoms with Crippen LogP contribution in [0.15, 0.2) is 97.1 Å². The lowest BCUT2D eigenvalue weighted by molar-refractivity contribution is 0.0697. The fourth-order valence-corrected chi connectivity index (χ4v) is 5.52. The van der Waals surface area contributed by atoms with E-state index >= 15 is 0 Å². The SMILES string of the molecule is O=C(O)c1ccc2c(c1)nc(-c1ccc(Oc3ccccc3OCCc3ccccc3)cc1)n2C1CCCCC1. The van der Waals surface area contributed by atoms with E-state index in [-0.39, 0.29) is 5.56 Å². The largest absolute Gasteiger partial charge is 0.489 e. The molecule has 1 N–H and O–H groups in total. The minimum atomic E-state index is -0.943. The zero-order valence-electron chi connectivity index (χ0n) is 22.3. The Morgan fingerprint density at radius 2 is 1.57 bits per heavy atom. The van der Waals surface area contributed by atoms with Crippen LogP contribution in [0.3, 0.4) is 0 Å². The number of hydrogen-bond acceptors (Lipinski definition) is 4. The molecule has 1 aromatic heterocycles. The van der Waals surface area contributed by atoms with Crippen LogP contribution in [0.4, 0.5) is 0 Å². The highest BCUT2D eigenvalue weighted by Crippen LogP contribution is 2.37. The van der Waals surface area contributed by atoms with Gasteiger partial charge in [-0.15, -0.1) is 0 Å². The van der Waals surface area contributed by atoms with Gasteiger partial charge < -0.3 is 19.1 Å². The van der Waals surface area contributed by atoms with E-state index in [4.69, 9.17) is 14.5 Å². The summed E-state index contributed by atoms with van der Waals surface area (Å²) < 4.78 is 14.6. The van der Waals surface area contributed by atoms with Gasteiger partial charge in [-0.1, -0.05) is 61.7 Å². The van der Waals surface area contributed by atoms with Crippen LogP contribution in [-0.4, -0.2) is 27.2 Å². The fraction of sp³-hybridized carbons (Fsp3) is 0.235. The van der Waals surface area contributed by atoms with Gasteiger partial charge in [-0.3, -0.25) is 0 Å². The maximum absolute atomic E-state index is 11.6. The van der Waals surface area contributed by atoms with Crippen LogP contribution in [0.1, 0.15) is 54.1 Å². The lowest BCUT2D eigenvalue weighted by Gasteiger charge is -2.25. The number of aromatic carboxylic acids is 1. The quantitative estimate of drug-likeness (QED) is 0.207. The van der Waals surface area contributed by atoms with Crippen molar-refractivity contribution < 1.29 is 19.4 Å². The molecule has 1 heterocycles. The molecule has 0 amide bonds. The maximum atomic E-state index is 11.6. The monoisotopic (exact) mass is 532 g/mol. The Morgan fingerprint density at radius 1 is 0.850 bits per heavy atom. The average molecular weight is 533 g/mol. The van der Waals surface area contributed by atoms with Crippen molar-refractivity contribution in [2.24, 2.45) is 0 Å². The van der Waals surface area contributed by atoms with Crippen molar-refractivity contribution in [1.82, 2.24) is 9.55 Å². The van der Waals surface area contributed by atoms with E-state index in [0.29, 0.717) is 35.4 Å². The number of imidazole rings is 1. The minimum absolute atomic E-state index is 0.251. The Morgan fingerprint density at radius 3 is 2.33 bits per heavy atom. The molecule has 6 heteroatoms. The Labute approximate surface area is 233 Å². The molecule has 5 aromatic rings. The van der Waals surface area contributed by atoms with E-state index in [1.54, 1.807) is 12.1 Å². The van der Waals surface area contributed by atoms with Gasteiger partial charge in [0.1, 0.15) is 11.6 Å². The molecular formula is C34H32N2O4. The van der Waals surface area contributed by atoms with Crippen LogP contribution in [0, 0.1) is 0 Å². The summed E-state index contributed by atoms with van der Waals surface area (Å²) in [6.07, 6.45) is 6.65. The normalized spacial score (nSPS) is 13.8. The highest BCUT2D eigenvalue weighted by Gasteiger charge is 2.23. The molecule has 1 fully saturated rings. The number of hydrogen-bond donors (Lipinski definition) is 1. The molecule has 0 atom stereocenters. The van der Waals surface area contributed by atoms with Gasteiger partial charge in [-0.25, -0.2) is 9.78 Å². The lowest BCUT2D eigenvalue weighted by Crippen LogP contribution is -2.14. The molecule has 0 spiro atoms. The first-order chi connectivity index (χ1) is 19.7. The van der Waals surface area contributed by atoms with Crippen LogP contribution < -0.4 is 9.47 Å². The van der Waals surface area contributed by atoms with Crippen LogP contribution in [-0.2, 0) is 6.42 Å². The average Bonchev–Trinajstić information content (AvgIpc) is 3.38. The van der Waals surface area contributed by atoms with Crippen LogP contribution in [0.2, 0.25) is 0 Å². The first-order valence-corrected chi connectivity index (χ1v) is 13.9. The minimum Gasteiger partial charge on any atom is -0.489 e. The molecule has 1 aliphatic carbocycles. The van der Waals surface area contributed by atoms with Gasteiger partial charge in [0.25, 0.3) is 0 Å². The molecule has 0 saturated heterocycles. The van der Waals surface area contributed by atoms with Gasteiger partial charge in [0.2, 0.25) is 0 Å². The number of carboxylic acid groups (broad SMARTS) is 1. The highest BCUT2D eigenvalue weighted by atomic mass is 16.5. The summed E-state index contributed by atoms with van der Waals surface area (Å²) in [6, 6.07) is 31.5. The van der Waals surface area contributed by atoms with Crippen LogP contribution in [0.5, 0.6) is 17.2 Å². The van der Waals surface area contributed by atoms with Crippen molar-refractivity contribution in [2.75, 3.05) is 6.61 Å². The molecule has 0 bridgehead atoms. The van der Waals surface area contributed by atoms with E-state index in [0.717, 1.165) is 36.2 Å². The number of carboxylic acids is 1. The van der Waals surface area contributed by atoms with Crippen LogP contribution in [0.25, 0.3) is 22.4 Å². The zero-order chi connectivity index (χ0) is 27.3. The third-order valence-electron chi connectivity index (χ3n) is 7.56. The summed E-state index contributed by atoms with van der Waals surface area (Å²) in [5, 5.41) is 9.50. The predicted molar refractivity (Wildman–Crippen MR) is 156 cm³/mol. The third kappa shape index (κ3) is 5.57. The molecule has 1 saturated carbocycles. The number of carbonyl (C=O) groups is 1. The molecule has 202 valence electrons. The lowest BCUT2D eigenvalue weighted by atomic mass is 9.95. The second-order valence-corrected chi connectivity index (χ2v) is 10.3. The van der Waals surface area contributed by atoms with E-state index in [1.807, 2.05) is 72.8 Å². The number of ether oxygens (including phenoxy) is 2. The van der Waals surface area contributed by atoms with Gasteiger partial charge in [0, 0.05) is 18.0 Å². The van der Waals surface area contributed by atoms with Crippen LogP contribution >= 0.6 is 0 Å². The highest BCUT2D eigenvalue weighted by molar-refractivity contribution is 5.93. The summed E-state index contributed by atoms with van der Waals surface area (Å²) >= 11 is 0. The topological polar surface area (TPSA) is 73.6 Å². The summed E-state index contributed by atoms with van der Waals surface area (Å²) in [6.45, 7) is 0.560. The smallest absolute Gasteiger partial charge is 0.335 e. The molecule has 6 nitrogen and oxygen atoms in total. The van der Waals surface area contributed by atoms with E-state index in [2.05, 4.69) is 16.7 Å². The number of benzene rings is 4. The first-order valence-electron chi connectivity index (χ1n) is 13.9. The number of para-hydroxylation sites is 2. The van der Waals surface area contributed by atoms with Gasteiger partial charge in [0.05, 0.1) is 23.2 Å². The van der Waals surface area contributed by atoms with Crippen molar-refractivity contribution in [3.8, 4) is 28.6 Å². The second-order valence-electron chi connectivity index (χ2n) is 10.3. The first kappa shape index (κ1) is 25.7. The third-order valence-corrected chi connectivity index (χ3v) is 7.56. The number of aromatic nitrogens is 2. The van der Waals surface area contributed by atoms with Crippen molar-refractivity contribution >= 4 is 17.0 Å². The Hall–Kier alpha value is -4.58. The van der Waals surface area contributed by atoms with Crippen molar-refractivity contribution in [3.05, 3.63) is 108 Å². The van der Waals surface area contributed by atoms with E-state index in [9.17, 15) is 9.90 Å². The number of fused-ring (bicyclic) bond motifs is 1. The maximum Gasteiger partial charge on any atom is 0.335 e. The second kappa shape index (κ2) is 11.7. The van der Waals surface area contributed by atoms with Crippen molar-refractivity contribution in [1.29, 1.82) is 0 Å². The number of rotatable bonds is 9. The van der Waals surface area contributed by atoms with E-state index in [1.165, 1.54) is 24.8 Å². The van der Waals surface area contributed by atoms with Crippen molar-refractivity contribution in [3.63, 3.8) is 0 Å². The molecule has 0 unspecified atom stereocenters. The predicted octanol–water partition coefficient (Wildman–Crippen LogP) is 8.32. The van der Waals surface area contributed by atoms with Crippen molar-refractivity contribution in [2.45, 2.75) is 44.6 Å². The fourth-order valence-electron chi connectivity index (χ4n) is 5.52. The molecular weight excluding hydrogens is 500 g/mol. The summed E-state index contributed by atoms with van der Waals surface area (Å²) in [5.74, 6) is 1.99. The molecule has 4 aromatic carbocycles. The molecule has 1 aliphatic rings. The Kier molecular flexibility index (Phi) is 7.49. The summed E-state index contributed by atoms with van der Waals surface area (Å²) in [5.41, 5.74) is 4.14. The molecule has 0 aliphatic heterocycles. The summed E-state index contributed by atoms with van der Waals surface area (Å²) in [4.78, 5) is 16.5. The van der Waals surface area contributed by atoms with Gasteiger partial charge in [-0.2, -0.15) is 0 Å².